The molecule has 32 heavy (non-hydrogen) atoms. The van der Waals surface area contributed by atoms with Crippen LogP contribution in [0.2, 0.25) is 0 Å². The van der Waals surface area contributed by atoms with Gasteiger partial charge >= 0.3 is 0 Å². The van der Waals surface area contributed by atoms with Gasteiger partial charge < -0.3 is 19.5 Å². The minimum atomic E-state index is -3.77. The zero-order chi connectivity index (χ0) is 23.3. The second kappa shape index (κ2) is 9.61. The maximum Gasteiger partial charge on any atom is 0.261 e. The standard InChI is InChI=1S/C23H24N2O6S/c1-15-7-5-6-8-19(15)25-32(27,28)18-11-9-17(10-12-18)24-23(26)16-13-20(29-2)22(31-4)21(14-16)30-3/h5-14,25H,1-4H3,(H,24,26). The Bertz CT molecular complexity index is 1200. The van der Waals surface area contributed by atoms with E-state index in [2.05, 4.69) is 10.0 Å². The number of sulfonamides is 1. The monoisotopic (exact) mass is 456 g/mol. The molecule has 0 radical (unpaired) electrons. The highest BCUT2D eigenvalue weighted by Crippen LogP contribution is 2.38. The van der Waals surface area contributed by atoms with Crippen molar-refractivity contribution in [1.82, 2.24) is 0 Å². The van der Waals surface area contributed by atoms with E-state index in [9.17, 15) is 13.2 Å². The Morgan fingerprint density at radius 2 is 1.44 bits per heavy atom. The maximum absolute atomic E-state index is 12.7. The number of para-hydroxylation sites is 1. The van der Waals surface area contributed by atoms with E-state index in [-0.39, 0.29) is 10.5 Å². The highest BCUT2D eigenvalue weighted by atomic mass is 32.2. The Balaban J connectivity index is 1.78. The highest BCUT2D eigenvalue weighted by molar-refractivity contribution is 7.92. The van der Waals surface area contributed by atoms with Gasteiger partial charge in [0.1, 0.15) is 0 Å². The van der Waals surface area contributed by atoms with E-state index >= 15 is 0 Å². The Hall–Kier alpha value is -3.72. The largest absolute Gasteiger partial charge is 0.493 e. The van der Waals surface area contributed by atoms with Crippen molar-refractivity contribution in [3.05, 3.63) is 71.8 Å². The van der Waals surface area contributed by atoms with Crippen molar-refractivity contribution >= 4 is 27.3 Å². The summed E-state index contributed by atoms with van der Waals surface area (Å²) in [6.45, 7) is 1.82. The first-order chi connectivity index (χ1) is 15.3. The molecular weight excluding hydrogens is 432 g/mol. The summed E-state index contributed by atoms with van der Waals surface area (Å²) in [6, 6.07) is 16.0. The highest BCUT2D eigenvalue weighted by Gasteiger charge is 2.18. The zero-order valence-electron chi connectivity index (χ0n) is 18.1. The average Bonchev–Trinajstić information content (AvgIpc) is 2.79. The number of nitrogens with one attached hydrogen (secondary N) is 2. The fraction of sp³-hybridized carbons (Fsp3) is 0.174. The summed E-state index contributed by atoms with van der Waals surface area (Å²) in [4.78, 5) is 12.8. The summed E-state index contributed by atoms with van der Waals surface area (Å²) in [5.41, 5.74) is 2.04. The third-order valence-electron chi connectivity index (χ3n) is 4.74. The number of hydrogen-bond acceptors (Lipinski definition) is 6. The van der Waals surface area contributed by atoms with Crippen molar-refractivity contribution < 1.29 is 27.4 Å². The number of aryl methyl sites for hydroxylation is 1. The first-order valence-electron chi connectivity index (χ1n) is 9.59. The topological polar surface area (TPSA) is 103 Å². The second-order valence-electron chi connectivity index (χ2n) is 6.81. The van der Waals surface area contributed by atoms with Crippen molar-refractivity contribution in [1.29, 1.82) is 0 Å². The Labute approximate surface area is 187 Å². The normalized spacial score (nSPS) is 10.9. The molecule has 3 rings (SSSR count). The number of anilines is 2. The first kappa shape index (κ1) is 23.0. The van der Waals surface area contributed by atoms with Crippen LogP contribution in [-0.2, 0) is 10.0 Å². The Kier molecular flexibility index (Phi) is 6.89. The van der Waals surface area contributed by atoms with Crippen LogP contribution in [0.4, 0.5) is 11.4 Å². The second-order valence-corrected chi connectivity index (χ2v) is 8.50. The van der Waals surface area contributed by atoms with Crippen LogP contribution < -0.4 is 24.2 Å². The molecule has 168 valence electrons. The van der Waals surface area contributed by atoms with Gasteiger partial charge in [0.25, 0.3) is 15.9 Å². The fourth-order valence-electron chi connectivity index (χ4n) is 3.02. The van der Waals surface area contributed by atoms with Gasteiger partial charge in [-0.05, 0) is 55.0 Å². The molecule has 0 unspecified atom stereocenters. The lowest BCUT2D eigenvalue weighted by atomic mass is 10.1. The third-order valence-corrected chi connectivity index (χ3v) is 6.12. The molecule has 0 aliphatic heterocycles. The van der Waals surface area contributed by atoms with Gasteiger partial charge in [-0.1, -0.05) is 18.2 Å². The zero-order valence-corrected chi connectivity index (χ0v) is 18.9. The smallest absolute Gasteiger partial charge is 0.261 e. The molecule has 2 N–H and O–H groups in total. The maximum atomic E-state index is 12.7. The Morgan fingerprint density at radius 3 is 1.97 bits per heavy atom. The van der Waals surface area contributed by atoms with Gasteiger partial charge in [-0.3, -0.25) is 9.52 Å². The lowest BCUT2D eigenvalue weighted by Gasteiger charge is -2.14. The van der Waals surface area contributed by atoms with Crippen LogP contribution in [0.5, 0.6) is 17.2 Å². The van der Waals surface area contributed by atoms with E-state index < -0.39 is 15.9 Å². The van der Waals surface area contributed by atoms with E-state index in [1.165, 1.54) is 57.7 Å². The molecule has 0 bridgehead atoms. The number of methoxy groups -OCH3 is 3. The SMILES string of the molecule is COc1cc(C(=O)Nc2ccc(S(=O)(=O)Nc3ccccc3C)cc2)cc(OC)c1OC. The van der Waals surface area contributed by atoms with Crippen LogP contribution in [0.1, 0.15) is 15.9 Å². The summed E-state index contributed by atoms with van der Waals surface area (Å²) >= 11 is 0. The molecule has 0 aliphatic carbocycles. The lowest BCUT2D eigenvalue weighted by molar-refractivity contribution is 0.102. The quantitative estimate of drug-likeness (QED) is 0.530. The number of benzene rings is 3. The van der Waals surface area contributed by atoms with Gasteiger partial charge in [0.05, 0.1) is 31.9 Å². The minimum absolute atomic E-state index is 0.0755. The van der Waals surface area contributed by atoms with E-state index in [1.807, 2.05) is 19.1 Å². The molecule has 0 fully saturated rings. The average molecular weight is 457 g/mol. The first-order valence-corrected chi connectivity index (χ1v) is 11.1. The van der Waals surface area contributed by atoms with Gasteiger partial charge in [0.2, 0.25) is 5.75 Å². The van der Waals surface area contributed by atoms with Gasteiger partial charge in [-0.25, -0.2) is 8.42 Å². The molecule has 8 nitrogen and oxygen atoms in total. The van der Waals surface area contributed by atoms with Gasteiger partial charge in [0.15, 0.2) is 11.5 Å². The van der Waals surface area contributed by atoms with E-state index in [4.69, 9.17) is 14.2 Å². The van der Waals surface area contributed by atoms with Gasteiger partial charge in [-0.2, -0.15) is 0 Å². The van der Waals surface area contributed by atoms with E-state index in [0.717, 1.165) is 5.56 Å². The number of hydrogen-bond donors (Lipinski definition) is 2. The van der Waals surface area contributed by atoms with Crippen molar-refractivity contribution in [3.63, 3.8) is 0 Å². The van der Waals surface area contributed by atoms with Crippen molar-refractivity contribution in [2.75, 3.05) is 31.4 Å². The number of carbonyl (C=O) groups is 1. The summed E-state index contributed by atoms with van der Waals surface area (Å²) in [7, 11) is 0.630. The van der Waals surface area contributed by atoms with E-state index in [0.29, 0.717) is 28.6 Å². The van der Waals surface area contributed by atoms with Gasteiger partial charge in [0, 0.05) is 11.3 Å². The van der Waals surface area contributed by atoms with Crippen LogP contribution >= 0.6 is 0 Å². The predicted octanol–water partition coefficient (Wildman–Crippen LogP) is 4.07. The summed E-state index contributed by atoms with van der Waals surface area (Å²) < 4.78 is 43.7. The molecule has 3 aromatic rings. The lowest BCUT2D eigenvalue weighted by Crippen LogP contribution is -2.15. The summed E-state index contributed by atoms with van der Waals surface area (Å²) in [6.07, 6.45) is 0. The van der Waals surface area contributed by atoms with Crippen LogP contribution in [0.15, 0.2) is 65.6 Å². The molecule has 0 saturated carbocycles. The predicted molar refractivity (Wildman–Crippen MR) is 122 cm³/mol. The van der Waals surface area contributed by atoms with Crippen LogP contribution in [0, 0.1) is 6.92 Å². The molecule has 9 heteroatoms. The summed E-state index contributed by atoms with van der Waals surface area (Å²) in [5, 5.41) is 2.73. The van der Waals surface area contributed by atoms with Crippen molar-refractivity contribution in [2.24, 2.45) is 0 Å². The van der Waals surface area contributed by atoms with Crippen LogP contribution in [0.25, 0.3) is 0 Å². The van der Waals surface area contributed by atoms with Crippen molar-refractivity contribution in [3.8, 4) is 17.2 Å². The summed E-state index contributed by atoms with van der Waals surface area (Å²) in [5.74, 6) is 0.654. The minimum Gasteiger partial charge on any atom is -0.493 e. The molecular formula is C23H24N2O6S. The number of rotatable bonds is 8. The third kappa shape index (κ3) is 4.94. The molecule has 0 saturated heterocycles. The number of carbonyl (C=O) groups excluding carboxylic acids is 1. The number of ether oxygens (including phenoxy) is 3. The van der Waals surface area contributed by atoms with Crippen LogP contribution in [0.3, 0.4) is 0 Å². The molecule has 1 amide bonds. The number of amides is 1. The van der Waals surface area contributed by atoms with Crippen LogP contribution in [-0.4, -0.2) is 35.7 Å². The molecule has 3 aromatic carbocycles. The molecule has 0 atom stereocenters. The Morgan fingerprint density at radius 1 is 0.844 bits per heavy atom. The fourth-order valence-corrected chi connectivity index (χ4v) is 4.15. The molecule has 0 aromatic heterocycles. The van der Waals surface area contributed by atoms with E-state index in [1.54, 1.807) is 12.1 Å². The molecule has 0 aliphatic rings. The molecule has 0 heterocycles. The molecule has 0 spiro atoms. The van der Waals surface area contributed by atoms with Gasteiger partial charge in [-0.15, -0.1) is 0 Å². The van der Waals surface area contributed by atoms with Crippen molar-refractivity contribution in [2.45, 2.75) is 11.8 Å².